The quantitative estimate of drug-likeness (QED) is 0.321. The van der Waals surface area contributed by atoms with Crippen LogP contribution in [0.3, 0.4) is 0 Å². The van der Waals surface area contributed by atoms with E-state index in [-0.39, 0.29) is 17.2 Å². The topological polar surface area (TPSA) is 84.1 Å². The molecule has 152 valence electrons. The van der Waals surface area contributed by atoms with Gasteiger partial charge in [0.15, 0.2) is 5.16 Å². The number of thioether (sulfide) groups is 1. The predicted octanol–water partition coefficient (Wildman–Crippen LogP) is 4.78. The molecule has 0 atom stereocenters. The number of ether oxygens (including phenoxy) is 1. The highest BCUT2D eigenvalue weighted by Gasteiger charge is 2.14. The zero-order chi connectivity index (χ0) is 20.9. The summed E-state index contributed by atoms with van der Waals surface area (Å²) in [6.45, 7) is 2.40. The van der Waals surface area contributed by atoms with Crippen molar-refractivity contribution in [3.63, 3.8) is 0 Å². The molecule has 1 amide bonds. The van der Waals surface area contributed by atoms with E-state index in [0.29, 0.717) is 33.4 Å². The Labute approximate surface area is 181 Å². The van der Waals surface area contributed by atoms with Crippen LogP contribution in [0.5, 0.6) is 5.75 Å². The molecule has 0 radical (unpaired) electrons. The molecule has 2 aromatic carbocycles. The molecule has 0 saturated heterocycles. The van der Waals surface area contributed by atoms with E-state index in [1.54, 1.807) is 12.1 Å². The van der Waals surface area contributed by atoms with Crippen LogP contribution in [0.15, 0.2) is 69.9 Å². The van der Waals surface area contributed by atoms with Gasteiger partial charge in [0.05, 0.1) is 23.4 Å². The molecule has 0 aliphatic heterocycles. The monoisotopic (exact) mass is 437 g/mol. The molecule has 4 aromatic rings. The SMILES string of the molecule is CCOc1ccccc1NC(=O)CSc1nc2scc(-c3ccccc3)c2c(=O)[nH]1. The second-order valence-corrected chi connectivity index (χ2v) is 8.15. The Hall–Kier alpha value is -3.10. The van der Waals surface area contributed by atoms with Gasteiger partial charge in [-0.05, 0) is 24.6 Å². The van der Waals surface area contributed by atoms with E-state index in [2.05, 4.69) is 15.3 Å². The third-order valence-corrected chi connectivity index (χ3v) is 6.05. The predicted molar refractivity (Wildman–Crippen MR) is 123 cm³/mol. The minimum Gasteiger partial charge on any atom is -0.492 e. The van der Waals surface area contributed by atoms with E-state index in [0.717, 1.165) is 11.1 Å². The molecule has 4 rings (SSSR count). The molecule has 6 nitrogen and oxygen atoms in total. The van der Waals surface area contributed by atoms with E-state index in [1.165, 1.54) is 23.1 Å². The summed E-state index contributed by atoms with van der Waals surface area (Å²) in [4.78, 5) is 33.0. The number of anilines is 1. The number of aromatic nitrogens is 2. The summed E-state index contributed by atoms with van der Waals surface area (Å²) in [6, 6.07) is 17.0. The van der Waals surface area contributed by atoms with E-state index < -0.39 is 0 Å². The number of fused-ring (bicyclic) bond motifs is 1. The average Bonchev–Trinajstić information content (AvgIpc) is 3.19. The number of nitrogens with one attached hydrogen (secondary N) is 2. The maximum Gasteiger partial charge on any atom is 0.260 e. The fourth-order valence-electron chi connectivity index (χ4n) is 3.00. The molecular formula is C22H19N3O3S2. The first-order chi connectivity index (χ1) is 14.7. The molecular weight excluding hydrogens is 418 g/mol. The summed E-state index contributed by atoms with van der Waals surface area (Å²) in [5.41, 5.74) is 2.26. The van der Waals surface area contributed by atoms with Crippen molar-refractivity contribution in [1.82, 2.24) is 9.97 Å². The van der Waals surface area contributed by atoms with Crippen LogP contribution in [0, 0.1) is 0 Å². The molecule has 0 aliphatic carbocycles. The second-order valence-electron chi connectivity index (χ2n) is 6.33. The molecule has 30 heavy (non-hydrogen) atoms. The number of amides is 1. The smallest absolute Gasteiger partial charge is 0.260 e. The lowest BCUT2D eigenvalue weighted by atomic mass is 10.1. The van der Waals surface area contributed by atoms with E-state index in [4.69, 9.17) is 4.74 Å². The van der Waals surface area contributed by atoms with Gasteiger partial charge >= 0.3 is 0 Å². The fraction of sp³-hybridized carbons (Fsp3) is 0.136. The van der Waals surface area contributed by atoms with Crippen LogP contribution in [-0.2, 0) is 4.79 Å². The van der Waals surface area contributed by atoms with Crippen LogP contribution in [0.4, 0.5) is 5.69 Å². The number of hydrogen-bond donors (Lipinski definition) is 2. The summed E-state index contributed by atoms with van der Waals surface area (Å²) in [5, 5.41) is 5.77. The zero-order valence-electron chi connectivity index (χ0n) is 16.2. The van der Waals surface area contributed by atoms with Crippen molar-refractivity contribution in [1.29, 1.82) is 0 Å². The normalized spacial score (nSPS) is 10.8. The van der Waals surface area contributed by atoms with E-state index in [1.807, 2.05) is 54.8 Å². The van der Waals surface area contributed by atoms with Gasteiger partial charge in [-0.1, -0.05) is 54.2 Å². The lowest BCUT2D eigenvalue weighted by Gasteiger charge is -2.10. The van der Waals surface area contributed by atoms with Gasteiger partial charge in [0.1, 0.15) is 10.6 Å². The average molecular weight is 438 g/mol. The highest BCUT2D eigenvalue weighted by atomic mass is 32.2. The number of hydrogen-bond acceptors (Lipinski definition) is 6. The van der Waals surface area contributed by atoms with Gasteiger partial charge in [0.2, 0.25) is 5.91 Å². The minimum atomic E-state index is -0.204. The maximum absolute atomic E-state index is 12.7. The highest BCUT2D eigenvalue weighted by molar-refractivity contribution is 7.99. The number of para-hydroxylation sites is 2. The Morgan fingerprint density at radius 3 is 2.73 bits per heavy atom. The summed E-state index contributed by atoms with van der Waals surface area (Å²) < 4.78 is 5.52. The number of rotatable bonds is 7. The molecule has 0 spiro atoms. The highest BCUT2D eigenvalue weighted by Crippen LogP contribution is 2.31. The summed E-state index contributed by atoms with van der Waals surface area (Å²) in [5.74, 6) is 0.538. The Balaban J connectivity index is 1.49. The summed E-state index contributed by atoms with van der Waals surface area (Å²) in [6.07, 6.45) is 0. The van der Waals surface area contributed by atoms with Gasteiger partial charge in [-0.2, -0.15) is 0 Å². The number of benzene rings is 2. The molecule has 0 bridgehead atoms. The molecule has 8 heteroatoms. The van der Waals surface area contributed by atoms with Crippen LogP contribution < -0.4 is 15.6 Å². The van der Waals surface area contributed by atoms with Crippen molar-refractivity contribution >= 4 is 44.9 Å². The largest absolute Gasteiger partial charge is 0.492 e. The van der Waals surface area contributed by atoms with Crippen LogP contribution >= 0.6 is 23.1 Å². The molecule has 0 aliphatic rings. The van der Waals surface area contributed by atoms with Crippen molar-refractivity contribution in [3.8, 4) is 16.9 Å². The first-order valence-corrected chi connectivity index (χ1v) is 11.2. The number of carbonyl (C=O) groups excluding carboxylic acids is 1. The van der Waals surface area contributed by atoms with Gasteiger partial charge < -0.3 is 15.0 Å². The van der Waals surface area contributed by atoms with Crippen LogP contribution in [0.1, 0.15) is 6.92 Å². The first kappa shape index (κ1) is 20.2. The fourth-order valence-corrected chi connectivity index (χ4v) is 4.67. The van der Waals surface area contributed by atoms with Crippen LogP contribution in [-0.4, -0.2) is 28.2 Å². The Bertz CT molecular complexity index is 1240. The number of aromatic amines is 1. The first-order valence-electron chi connectivity index (χ1n) is 9.37. The molecule has 2 aromatic heterocycles. The van der Waals surface area contributed by atoms with Crippen molar-refractivity contribution in [3.05, 3.63) is 70.3 Å². The summed E-state index contributed by atoms with van der Waals surface area (Å²) in [7, 11) is 0. The third-order valence-electron chi connectivity index (χ3n) is 4.31. The lowest BCUT2D eigenvalue weighted by Crippen LogP contribution is -2.16. The molecule has 0 unspecified atom stereocenters. The van der Waals surface area contributed by atoms with E-state index in [9.17, 15) is 9.59 Å². The standard InChI is InChI=1S/C22H19N3O3S2/c1-2-28-17-11-7-6-10-16(17)23-18(26)13-30-22-24-20(27)19-15(12-29-21(19)25-22)14-8-4-3-5-9-14/h3-12H,2,13H2,1H3,(H,23,26)(H,24,25,27). The van der Waals surface area contributed by atoms with E-state index >= 15 is 0 Å². The third kappa shape index (κ3) is 4.39. The maximum atomic E-state index is 12.7. The van der Waals surface area contributed by atoms with Crippen molar-refractivity contribution in [2.45, 2.75) is 12.1 Å². The Morgan fingerprint density at radius 1 is 1.17 bits per heavy atom. The van der Waals surface area contributed by atoms with Gasteiger partial charge in [-0.15, -0.1) is 11.3 Å². The van der Waals surface area contributed by atoms with Crippen LogP contribution in [0.25, 0.3) is 21.3 Å². The molecule has 2 heterocycles. The number of nitrogens with zero attached hydrogens (tertiary/aromatic N) is 1. The molecule has 0 saturated carbocycles. The zero-order valence-corrected chi connectivity index (χ0v) is 17.8. The number of carbonyl (C=O) groups is 1. The molecule has 2 N–H and O–H groups in total. The van der Waals surface area contributed by atoms with Crippen molar-refractivity contribution < 1.29 is 9.53 Å². The van der Waals surface area contributed by atoms with Crippen molar-refractivity contribution in [2.24, 2.45) is 0 Å². The summed E-state index contributed by atoms with van der Waals surface area (Å²) >= 11 is 2.61. The van der Waals surface area contributed by atoms with Crippen molar-refractivity contribution in [2.75, 3.05) is 17.7 Å². The number of H-pyrrole nitrogens is 1. The second kappa shape index (κ2) is 9.15. The lowest BCUT2D eigenvalue weighted by molar-refractivity contribution is -0.113. The van der Waals surface area contributed by atoms with Gasteiger partial charge in [-0.25, -0.2) is 4.98 Å². The van der Waals surface area contributed by atoms with Gasteiger partial charge in [0.25, 0.3) is 5.56 Å². The number of thiophene rings is 1. The van der Waals surface area contributed by atoms with Gasteiger partial charge in [-0.3, -0.25) is 9.59 Å². The Morgan fingerprint density at radius 2 is 1.93 bits per heavy atom. The van der Waals surface area contributed by atoms with Crippen LogP contribution in [0.2, 0.25) is 0 Å². The Kier molecular flexibility index (Phi) is 6.15. The molecule has 0 fully saturated rings. The van der Waals surface area contributed by atoms with Gasteiger partial charge in [0, 0.05) is 10.9 Å². The minimum absolute atomic E-state index is 0.117.